The van der Waals surface area contributed by atoms with Crippen molar-refractivity contribution in [2.45, 2.75) is 13.3 Å². The fourth-order valence-electron chi connectivity index (χ4n) is 0.949. The van der Waals surface area contributed by atoms with Gasteiger partial charge >= 0.3 is 5.97 Å². The standard InChI is InChI=1S/C11H13NO4/c1-9(13)12-16-11(14)7-8-15-10-5-3-2-4-6-10/h2-6H,7-8H2,1H3,(H,12,13). The van der Waals surface area contributed by atoms with Crippen molar-refractivity contribution in [1.82, 2.24) is 5.48 Å². The summed E-state index contributed by atoms with van der Waals surface area (Å²) in [6.07, 6.45) is 0.0785. The maximum absolute atomic E-state index is 11.0. The van der Waals surface area contributed by atoms with Gasteiger partial charge < -0.3 is 9.57 Å². The first-order valence-corrected chi connectivity index (χ1v) is 4.82. The largest absolute Gasteiger partial charge is 0.493 e. The Balaban J connectivity index is 2.16. The number of para-hydroxylation sites is 1. The van der Waals surface area contributed by atoms with Crippen LogP contribution in [0.15, 0.2) is 30.3 Å². The van der Waals surface area contributed by atoms with Gasteiger partial charge in [-0.2, -0.15) is 5.48 Å². The van der Waals surface area contributed by atoms with Gasteiger partial charge in [-0.05, 0) is 12.1 Å². The van der Waals surface area contributed by atoms with E-state index in [1.807, 2.05) is 23.7 Å². The van der Waals surface area contributed by atoms with Gasteiger partial charge in [0.15, 0.2) is 0 Å². The van der Waals surface area contributed by atoms with E-state index in [1.165, 1.54) is 6.92 Å². The number of nitrogens with one attached hydrogen (secondary N) is 1. The second-order valence-electron chi connectivity index (χ2n) is 3.04. The summed E-state index contributed by atoms with van der Waals surface area (Å²) in [7, 11) is 0. The number of hydrogen-bond donors (Lipinski definition) is 1. The molecule has 16 heavy (non-hydrogen) atoms. The number of hydroxylamine groups is 1. The normalized spacial score (nSPS) is 9.31. The number of amides is 1. The third-order valence-corrected chi connectivity index (χ3v) is 1.63. The molecule has 0 saturated carbocycles. The van der Waals surface area contributed by atoms with Crippen LogP contribution in [0.25, 0.3) is 0 Å². The first-order chi connectivity index (χ1) is 7.68. The molecular weight excluding hydrogens is 210 g/mol. The van der Waals surface area contributed by atoms with Gasteiger partial charge in [-0.3, -0.25) is 4.79 Å². The molecule has 0 radical (unpaired) electrons. The number of hydrogen-bond acceptors (Lipinski definition) is 4. The van der Waals surface area contributed by atoms with E-state index in [4.69, 9.17) is 4.74 Å². The third kappa shape index (κ3) is 4.99. The van der Waals surface area contributed by atoms with Crippen molar-refractivity contribution in [3.05, 3.63) is 30.3 Å². The van der Waals surface area contributed by atoms with Gasteiger partial charge in [-0.15, -0.1) is 0 Å². The van der Waals surface area contributed by atoms with E-state index in [2.05, 4.69) is 4.84 Å². The molecule has 0 aromatic heterocycles. The monoisotopic (exact) mass is 223 g/mol. The van der Waals surface area contributed by atoms with E-state index in [9.17, 15) is 9.59 Å². The number of ether oxygens (including phenoxy) is 1. The smallest absolute Gasteiger partial charge is 0.335 e. The zero-order chi connectivity index (χ0) is 11.8. The molecule has 0 heterocycles. The number of carbonyl (C=O) groups excluding carboxylic acids is 2. The minimum Gasteiger partial charge on any atom is -0.493 e. The van der Waals surface area contributed by atoms with Gasteiger partial charge in [0.25, 0.3) is 0 Å². The van der Waals surface area contributed by atoms with E-state index in [0.29, 0.717) is 5.75 Å². The summed E-state index contributed by atoms with van der Waals surface area (Å²) in [5.41, 5.74) is 1.95. The van der Waals surface area contributed by atoms with Crippen LogP contribution in [0.5, 0.6) is 5.75 Å². The van der Waals surface area contributed by atoms with Crippen LogP contribution in [0.4, 0.5) is 0 Å². The minimum atomic E-state index is -0.536. The lowest BCUT2D eigenvalue weighted by atomic mass is 10.3. The fourth-order valence-corrected chi connectivity index (χ4v) is 0.949. The lowest BCUT2D eigenvalue weighted by Crippen LogP contribution is -2.25. The Bertz CT molecular complexity index is 350. The third-order valence-electron chi connectivity index (χ3n) is 1.63. The predicted octanol–water partition coefficient (Wildman–Crippen LogP) is 1.05. The average Bonchev–Trinajstić information content (AvgIpc) is 2.28. The zero-order valence-corrected chi connectivity index (χ0v) is 8.93. The molecule has 1 amide bonds. The number of carbonyl (C=O) groups is 2. The predicted molar refractivity (Wildman–Crippen MR) is 56.5 cm³/mol. The van der Waals surface area contributed by atoms with E-state index in [1.54, 1.807) is 12.1 Å². The molecule has 86 valence electrons. The highest BCUT2D eigenvalue weighted by Crippen LogP contribution is 2.08. The topological polar surface area (TPSA) is 64.6 Å². The Morgan fingerprint density at radius 3 is 2.56 bits per heavy atom. The van der Waals surface area contributed by atoms with Gasteiger partial charge in [-0.25, -0.2) is 4.79 Å². The molecule has 0 saturated heterocycles. The lowest BCUT2D eigenvalue weighted by molar-refractivity contribution is -0.158. The highest BCUT2D eigenvalue weighted by molar-refractivity contribution is 5.75. The molecule has 5 nitrogen and oxygen atoms in total. The van der Waals surface area contributed by atoms with Crippen LogP contribution in [0, 0.1) is 0 Å². The summed E-state index contributed by atoms with van der Waals surface area (Å²) >= 11 is 0. The molecule has 0 unspecified atom stereocenters. The zero-order valence-electron chi connectivity index (χ0n) is 8.93. The Morgan fingerprint density at radius 2 is 1.94 bits per heavy atom. The summed E-state index contributed by atoms with van der Waals surface area (Å²) in [6.45, 7) is 1.47. The molecule has 1 N–H and O–H groups in total. The SMILES string of the molecule is CC(=O)NOC(=O)CCOc1ccccc1. The van der Waals surface area contributed by atoms with Crippen LogP contribution in [-0.4, -0.2) is 18.5 Å². The van der Waals surface area contributed by atoms with Gasteiger partial charge in [0.05, 0.1) is 13.0 Å². The Labute approximate surface area is 93.3 Å². The van der Waals surface area contributed by atoms with Crippen LogP contribution < -0.4 is 10.2 Å². The molecule has 0 spiro atoms. The molecule has 5 heteroatoms. The molecule has 1 rings (SSSR count). The Morgan fingerprint density at radius 1 is 1.25 bits per heavy atom. The van der Waals surface area contributed by atoms with Crippen molar-refractivity contribution in [2.24, 2.45) is 0 Å². The molecule has 0 aliphatic carbocycles. The summed E-state index contributed by atoms with van der Waals surface area (Å²) in [5, 5.41) is 0. The molecule has 0 aliphatic rings. The number of rotatable bonds is 4. The van der Waals surface area contributed by atoms with Gasteiger partial charge in [0, 0.05) is 6.92 Å². The molecule has 0 aliphatic heterocycles. The van der Waals surface area contributed by atoms with Gasteiger partial charge in [0.2, 0.25) is 5.91 Å². The second kappa shape index (κ2) is 6.44. The Hall–Kier alpha value is -2.04. The summed E-state index contributed by atoms with van der Waals surface area (Å²) in [5.74, 6) is -0.265. The summed E-state index contributed by atoms with van der Waals surface area (Å²) in [4.78, 5) is 25.9. The molecular formula is C11H13NO4. The first kappa shape index (κ1) is 12.0. The molecule has 0 atom stereocenters. The second-order valence-corrected chi connectivity index (χ2v) is 3.04. The van der Waals surface area contributed by atoms with Crippen LogP contribution in [0.1, 0.15) is 13.3 Å². The Kier molecular flexibility index (Phi) is 4.85. The molecule has 0 bridgehead atoms. The maximum atomic E-state index is 11.0. The average molecular weight is 223 g/mol. The van der Waals surface area contributed by atoms with Crippen LogP contribution >= 0.6 is 0 Å². The van der Waals surface area contributed by atoms with Crippen molar-refractivity contribution >= 4 is 11.9 Å². The maximum Gasteiger partial charge on any atom is 0.335 e. The van der Waals surface area contributed by atoms with Crippen molar-refractivity contribution in [3.8, 4) is 5.75 Å². The number of benzene rings is 1. The summed E-state index contributed by atoms with van der Waals surface area (Å²) in [6, 6.07) is 9.13. The van der Waals surface area contributed by atoms with Crippen molar-refractivity contribution in [3.63, 3.8) is 0 Å². The quantitative estimate of drug-likeness (QED) is 0.775. The fraction of sp³-hybridized carbons (Fsp3) is 0.273. The molecule has 1 aromatic carbocycles. The van der Waals surface area contributed by atoms with Gasteiger partial charge in [0.1, 0.15) is 5.75 Å². The van der Waals surface area contributed by atoms with E-state index >= 15 is 0 Å². The minimum absolute atomic E-state index is 0.0785. The molecule has 0 fully saturated rings. The van der Waals surface area contributed by atoms with Crippen LogP contribution in [-0.2, 0) is 14.4 Å². The van der Waals surface area contributed by atoms with Crippen molar-refractivity contribution in [1.29, 1.82) is 0 Å². The van der Waals surface area contributed by atoms with Crippen molar-refractivity contribution in [2.75, 3.05) is 6.61 Å². The van der Waals surface area contributed by atoms with Crippen LogP contribution in [0.2, 0.25) is 0 Å². The summed E-state index contributed by atoms with van der Waals surface area (Å²) < 4.78 is 5.27. The highest BCUT2D eigenvalue weighted by atomic mass is 16.7. The highest BCUT2D eigenvalue weighted by Gasteiger charge is 2.04. The van der Waals surface area contributed by atoms with E-state index in [0.717, 1.165) is 0 Å². The van der Waals surface area contributed by atoms with Crippen molar-refractivity contribution < 1.29 is 19.2 Å². The van der Waals surface area contributed by atoms with E-state index in [-0.39, 0.29) is 13.0 Å². The van der Waals surface area contributed by atoms with Crippen LogP contribution in [0.3, 0.4) is 0 Å². The van der Waals surface area contributed by atoms with E-state index < -0.39 is 11.9 Å². The molecule has 1 aromatic rings. The van der Waals surface area contributed by atoms with Gasteiger partial charge in [-0.1, -0.05) is 18.2 Å². The lowest BCUT2D eigenvalue weighted by Gasteiger charge is -2.05. The first-order valence-electron chi connectivity index (χ1n) is 4.82.